The highest BCUT2D eigenvalue weighted by atomic mass is 32.2. The zero-order valence-corrected chi connectivity index (χ0v) is 16.2. The first-order valence-corrected chi connectivity index (χ1v) is 9.70. The second-order valence-electron chi connectivity index (χ2n) is 6.69. The molecule has 4 rings (SSSR count). The van der Waals surface area contributed by atoms with Gasteiger partial charge in [0.15, 0.2) is 0 Å². The fourth-order valence-electron chi connectivity index (χ4n) is 3.28. The van der Waals surface area contributed by atoms with E-state index in [1.165, 1.54) is 11.1 Å². The van der Waals surface area contributed by atoms with Gasteiger partial charge >= 0.3 is 0 Å². The van der Waals surface area contributed by atoms with Gasteiger partial charge in [-0.05, 0) is 36.4 Å². The van der Waals surface area contributed by atoms with E-state index in [2.05, 4.69) is 47.7 Å². The van der Waals surface area contributed by atoms with Crippen LogP contribution >= 0.6 is 11.8 Å². The number of carbonyl (C=O) groups excluding carboxylic acids is 2. The molecule has 0 saturated carbocycles. The topological polar surface area (TPSA) is 42.3 Å². The summed E-state index contributed by atoms with van der Waals surface area (Å²) in [6, 6.07) is 16.5. The SMILES string of the molecule is C#CCN1C(=O)S/C(=C/c2cn(Cc3ccc(C)cc3)c3ccccc23)C1=O. The lowest BCUT2D eigenvalue weighted by molar-refractivity contribution is -0.122. The van der Waals surface area contributed by atoms with Crippen molar-refractivity contribution in [1.82, 2.24) is 9.47 Å². The number of aryl methyl sites for hydroxylation is 1. The molecule has 138 valence electrons. The Labute approximate surface area is 167 Å². The summed E-state index contributed by atoms with van der Waals surface area (Å²) >= 11 is 0.934. The molecule has 0 spiro atoms. The second-order valence-corrected chi connectivity index (χ2v) is 7.68. The van der Waals surface area contributed by atoms with Crippen molar-refractivity contribution in [1.29, 1.82) is 0 Å². The molecule has 4 nitrogen and oxygen atoms in total. The van der Waals surface area contributed by atoms with E-state index in [-0.39, 0.29) is 17.7 Å². The molecule has 0 aliphatic carbocycles. The summed E-state index contributed by atoms with van der Waals surface area (Å²) < 4.78 is 2.16. The fourth-order valence-corrected chi connectivity index (χ4v) is 4.11. The van der Waals surface area contributed by atoms with Gasteiger partial charge < -0.3 is 4.57 Å². The first-order chi connectivity index (χ1) is 13.6. The van der Waals surface area contributed by atoms with E-state index in [1.54, 1.807) is 6.08 Å². The minimum Gasteiger partial charge on any atom is -0.342 e. The Balaban J connectivity index is 1.73. The number of hydrogen-bond acceptors (Lipinski definition) is 3. The molecular weight excluding hydrogens is 368 g/mol. The Morgan fingerprint density at radius 2 is 1.86 bits per heavy atom. The predicted molar refractivity (Wildman–Crippen MR) is 114 cm³/mol. The van der Waals surface area contributed by atoms with Gasteiger partial charge in [0, 0.05) is 29.2 Å². The van der Waals surface area contributed by atoms with E-state index in [4.69, 9.17) is 6.42 Å². The average Bonchev–Trinajstić information content (AvgIpc) is 3.17. The van der Waals surface area contributed by atoms with Crippen molar-refractivity contribution in [2.75, 3.05) is 6.54 Å². The third-order valence-corrected chi connectivity index (χ3v) is 5.61. The van der Waals surface area contributed by atoms with E-state index in [0.29, 0.717) is 4.91 Å². The van der Waals surface area contributed by atoms with Crippen molar-refractivity contribution in [3.8, 4) is 12.3 Å². The van der Waals surface area contributed by atoms with Crippen LogP contribution in [0.5, 0.6) is 0 Å². The van der Waals surface area contributed by atoms with Gasteiger partial charge in [-0.1, -0.05) is 53.9 Å². The Morgan fingerprint density at radius 3 is 2.61 bits per heavy atom. The highest BCUT2D eigenvalue weighted by Crippen LogP contribution is 2.34. The normalized spacial score (nSPS) is 15.6. The van der Waals surface area contributed by atoms with Crippen molar-refractivity contribution in [2.45, 2.75) is 13.5 Å². The van der Waals surface area contributed by atoms with Crippen LogP contribution in [0.4, 0.5) is 4.79 Å². The summed E-state index contributed by atoms with van der Waals surface area (Å²) in [5.41, 5.74) is 4.42. The van der Waals surface area contributed by atoms with Crippen molar-refractivity contribution in [3.05, 3.63) is 76.3 Å². The number of aromatic nitrogens is 1. The molecule has 1 fully saturated rings. The van der Waals surface area contributed by atoms with E-state index in [9.17, 15) is 9.59 Å². The van der Waals surface area contributed by atoms with Gasteiger partial charge in [0.25, 0.3) is 11.1 Å². The first kappa shape index (κ1) is 18.1. The van der Waals surface area contributed by atoms with Crippen molar-refractivity contribution >= 4 is 39.9 Å². The molecule has 2 heterocycles. The highest BCUT2D eigenvalue weighted by Gasteiger charge is 2.34. The molecule has 1 aromatic heterocycles. The van der Waals surface area contributed by atoms with Crippen molar-refractivity contribution < 1.29 is 9.59 Å². The maximum absolute atomic E-state index is 12.5. The van der Waals surface area contributed by atoms with Crippen LogP contribution in [-0.2, 0) is 11.3 Å². The van der Waals surface area contributed by atoms with Crippen molar-refractivity contribution in [2.24, 2.45) is 0 Å². The number of hydrogen-bond donors (Lipinski definition) is 0. The molecule has 28 heavy (non-hydrogen) atoms. The molecule has 1 aliphatic rings. The Kier molecular flexibility index (Phi) is 4.81. The zero-order chi connectivity index (χ0) is 19.7. The number of fused-ring (bicyclic) bond motifs is 1. The van der Waals surface area contributed by atoms with Crippen molar-refractivity contribution in [3.63, 3.8) is 0 Å². The third kappa shape index (κ3) is 3.35. The lowest BCUT2D eigenvalue weighted by atomic mass is 10.1. The second kappa shape index (κ2) is 7.41. The fraction of sp³-hybridized carbons (Fsp3) is 0.130. The summed E-state index contributed by atoms with van der Waals surface area (Å²) in [4.78, 5) is 26.0. The molecule has 0 N–H and O–H groups in total. The van der Waals surface area contributed by atoms with E-state index in [1.807, 2.05) is 24.4 Å². The molecule has 0 unspecified atom stereocenters. The molecule has 5 heteroatoms. The number of benzene rings is 2. The molecule has 0 atom stereocenters. The van der Waals surface area contributed by atoms with Crippen LogP contribution in [0.1, 0.15) is 16.7 Å². The van der Waals surface area contributed by atoms with Gasteiger partial charge in [0.2, 0.25) is 0 Å². The number of amides is 2. The lowest BCUT2D eigenvalue weighted by Crippen LogP contribution is -2.28. The molecule has 2 amide bonds. The molecule has 1 saturated heterocycles. The Hall–Kier alpha value is -3.23. The van der Waals surface area contributed by atoms with Gasteiger partial charge in [0.05, 0.1) is 11.4 Å². The van der Waals surface area contributed by atoms with E-state index >= 15 is 0 Å². The van der Waals surface area contributed by atoms with Gasteiger partial charge in [-0.3, -0.25) is 14.5 Å². The van der Waals surface area contributed by atoms with Gasteiger partial charge in [-0.25, -0.2) is 0 Å². The summed E-state index contributed by atoms with van der Waals surface area (Å²) in [5.74, 6) is 2.03. The summed E-state index contributed by atoms with van der Waals surface area (Å²) in [6.45, 7) is 2.80. The largest absolute Gasteiger partial charge is 0.342 e. The zero-order valence-electron chi connectivity index (χ0n) is 15.4. The van der Waals surface area contributed by atoms with Gasteiger partial charge in [-0.15, -0.1) is 6.42 Å². The van der Waals surface area contributed by atoms with Crippen LogP contribution < -0.4 is 0 Å². The number of nitrogens with zero attached hydrogens (tertiary/aromatic N) is 2. The smallest absolute Gasteiger partial charge is 0.294 e. The first-order valence-electron chi connectivity index (χ1n) is 8.89. The van der Waals surface area contributed by atoms with Crippen LogP contribution in [0.2, 0.25) is 0 Å². The summed E-state index contributed by atoms with van der Waals surface area (Å²) in [5, 5.41) is 0.718. The minimum absolute atomic E-state index is 0.00279. The number of para-hydroxylation sites is 1. The quantitative estimate of drug-likeness (QED) is 0.483. The minimum atomic E-state index is -0.330. The maximum atomic E-state index is 12.5. The number of terminal acetylenes is 1. The van der Waals surface area contributed by atoms with Crippen LogP contribution in [0.25, 0.3) is 17.0 Å². The molecule has 0 bridgehead atoms. The number of imide groups is 1. The molecule has 0 radical (unpaired) electrons. The third-order valence-electron chi connectivity index (χ3n) is 4.70. The van der Waals surface area contributed by atoms with E-state index in [0.717, 1.165) is 39.7 Å². The number of thioether (sulfide) groups is 1. The molecule has 2 aromatic carbocycles. The molecule has 1 aliphatic heterocycles. The standard InChI is InChI=1S/C23H18N2O2S/c1-3-12-25-22(26)21(28-23(25)27)13-18-15-24(20-7-5-4-6-19(18)20)14-17-10-8-16(2)9-11-17/h1,4-11,13,15H,12,14H2,2H3/b21-13+. The highest BCUT2D eigenvalue weighted by molar-refractivity contribution is 8.18. The van der Waals surface area contributed by atoms with Crippen LogP contribution in [0.3, 0.4) is 0 Å². The molecular formula is C23H18N2O2S. The number of rotatable bonds is 4. The Bertz CT molecular complexity index is 1150. The monoisotopic (exact) mass is 386 g/mol. The predicted octanol–water partition coefficient (Wildman–Crippen LogP) is 4.67. The maximum Gasteiger partial charge on any atom is 0.294 e. The van der Waals surface area contributed by atoms with Crippen LogP contribution in [0, 0.1) is 19.3 Å². The Morgan fingerprint density at radius 1 is 1.11 bits per heavy atom. The van der Waals surface area contributed by atoms with E-state index < -0.39 is 0 Å². The van der Waals surface area contributed by atoms with Gasteiger partial charge in [-0.2, -0.15) is 0 Å². The van der Waals surface area contributed by atoms with Crippen LogP contribution in [-0.4, -0.2) is 27.2 Å². The summed E-state index contributed by atoms with van der Waals surface area (Å²) in [6.07, 6.45) is 9.08. The average molecular weight is 386 g/mol. The number of carbonyl (C=O) groups is 2. The summed E-state index contributed by atoms with van der Waals surface area (Å²) in [7, 11) is 0. The van der Waals surface area contributed by atoms with Crippen LogP contribution in [0.15, 0.2) is 59.6 Å². The lowest BCUT2D eigenvalue weighted by Gasteiger charge is -2.06. The van der Waals surface area contributed by atoms with Gasteiger partial charge in [0.1, 0.15) is 0 Å². The molecule has 3 aromatic rings.